The summed E-state index contributed by atoms with van der Waals surface area (Å²) in [5.74, 6) is 0.196. The van der Waals surface area contributed by atoms with Crippen LogP contribution in [-0.4, -0.2) is 43.3 Å². The molecule has 1 aromatic rings. The Balaban J connectivity index is 2.00. The highest BCUT2D eigenvalue weighted by Gasteiger charge is 2.32. The number of rotatable bonds is 5. The number of amides is 1. The molecule has 1 atom stereocenters. The van der Waals surface area contributed by atoms with Crippen molar-refractivity contribution in [3.05, 3.63) is 42.0 Å². The minimum Gasteiger partial charge on any atom is -0.338 e. The van der Waals surface area contributed by atoms with E-state index in [1.165, 1.54) is 6.08 Å². The summed E-state index contributed by atoms with van der Waals surface area (Å²) in [7, 11) is -3.13. The van der Waals surface area contributed by atoms with Gasteiger partial charge in [0.25, 0.3) is 0 Å². The smallest absolute Gasteiger partial charge is 0.246 e. The highest BCUT2D eigenvalue weighted by Crippen LogP contribution is 2.20. The van der Waals surface area contributed by atoms with Gasteiger partial charge in [-0.15, -0.1) is 0 Å². The van der Waals surface area contributed by atoms with Crippen LogP contribution in [0.1, 0.15) is 32.3 Å². The lowest BCUT2D eigenvalue weighted by Crippen LogP contribution is -2.45. The summed E-state index contributed by atoms with van der Waals surface area (Å²) in [5, 5.41) is -0.423. The SMILES string of the molecule is CC(C)CS(=O)(=O)[C@@H]1CCCN(C(=O)/C=C/c2ccccc2)C1. The number of carbonyl (C=O) groups excluding carboxylic acids is 1. The van der Waals surface area contributed by atoms with Crippen LogP contribution in [0.5, 0.6) is 0 Å². The van der Waals surface area contributed by atoms with Crippen LogP contribution in [-0.2, 0) is 14.6 Å². The number of likely N-dealkylation sites (tertiary alicyclic amines) is 1. The Kier molecular flexibility index (Phi) is 5.99. The Morgan fingerprint density at radius 2 is 2.00 bits per heavy atom. The van der Waals surface area contributed by atoms with Crippen LogP contribution in [0.4, 0.5) is 0 Å². The summed E-state index contributed by atoms with van der Waals surface area (Å²) in [5.41, 5.74) is 0.960. The third-order valence-electron chi connectivity index (χ3n) is 3.98. The first-order valence-corrected chi connectivity index (χ1v) is 9.83. The number of hydrogen-bond acceptors (Lipinski definition) is 3. The monoisotopic (exact) mass is 335 g/mol. The van der Waals surface area contributed by atoms with E-state index in [0.717, 1.165) is 12.0 Å². The average Bonchev–Trinajstić information content (AvgIpc) is 2.52. The van der Waals surface area contributed by atoms with Crippen LogP contribution in [0.15, 0.2) is 36.4 Å². The lowest BCUT2D eigenvalue weighted by Gasteiger charge is -2.32. The van der Waals surface area contributed by atoms with Gasteiger partial charge >= 0.3 is 0 Å². The van der Waals surface area contributed by atoms with Crippen molar-refractivity contribution >= 4 is 21.8 Å². The van der Waals surface area contributed by atoms with E-state index in [0.29, 0.717) is 19.5 Å². The van der Waals surface area contributed by atoms with Crippen molar-refractivity contribution in [3.8, 4) is 0 Å². The van der Waals surface area contributed by atoms with Crippen LogP contribution in [0.3, 0.4) is 0 Å². The summed E-state index contributed by atoms with van der Waals surface area (Å²) in [6.45, 7) is 4.76. The van der Waals surface area contributed by atoms with Gasteiger partial charge in [-0.2, -0.15) is 0 Å². The first kappa shape index (κ1) is 17.7. The fourth-order valence-electron chi connectivity index (χ4n) is 2.87. The van der Waals surface area contributed by atoms with Gasteiger partial charge in [0.15, 0.2) is 9.84 Å². The number of benzene rings is 1. The molecule has 0 saturated carbocycles. The molecule has 1 amide bonds. The normalized spacial score (nSPS) is 19.4. The molecule has 0 radical (unpaired) electrons. The van der Waals surface area contributed by atoms with E-state index in [9.17, 15) is 13.2 Å². The highest BCUT2D eigenvalue weighted by molar-refractivity contribution is 7.92. The topological polar surface area (TPSA) is 54.5 Å². The van der Waals surface area contributed by atoms with Crippen molar-refractivity contribution < 1.29 is 13.2 Å². The first-order valence-electron chi connectivity index (χ1n) is 8.12. The van der Waals surface area contributed by atoms with Gasteiger partial charge in [0, 0.05) is 19.2 Å². The first-order chi connectivity index (χ1) is 10.9. The van der Waals surface area contributed by atoms with E-state index >= 15 is 0 Å². The number of carbonyl (C=O) groups is 1. The minimum atomic E-state index is -3.13. The zero-order valence-corrected chi connectivity index (χ0v) is 14.6. The minimum absolute atomic E-state index is 0.113. The fourth-order valence-corrected chi connectivity index (χ4v) is 5.00. The maximum absolute atomic E-state index is 12.4. The Morgan fingerprint density at radius 3 is 2.65 bits per heavy atom. The van der Waals surface area contributed by atoms with E-state index in [-0.39, 0.29) is 17.6 Å². The molecule has 0 N–H and O–H groups in total. The lowest BCUT2D eigenvalue weighted by atomic mass is 10.1. The zero-order chi connectivity index (χ0) is 16.9. The molecule has 2 rings (SSSR count). The molecule has 1 fully saturated rings. The standard InChI is InChI=1S/C18H25NO3S/c1-15(2)14-23(21,22)17-9-6-12-19(13-17)18(20)11-10-16-7-4-3-5-8-16/h3-5,7-8,10-11,15,17H,6,9,12-14H2,1-2H3/b11-10+/t17-/m1/s1. The summed E-state index contributed by atoms with van der Waals surface area (Å²) in [6.07, 6.45) is 4.70. The molecule has 0 spiro atoms. The molecule has 5 heteroatoms. The van der Waals surface area contributed by atoms with Gasteiger partial charge in [0.1, 0.15) is 0 Å². The van der Waals surface area contributed by atoms with Crippen LogP contribution < -0.4 is 0 Å². The van der Waals surface area contributed by atoms with Gasteiger partial charge in [-0.05, 0) is 30.4 Å². The Hall–Kier alpha value is -1.62. The van der Waals surface area contributed by atoms with Gasteiger partial charge in [-0.1, -0.05) is 44.2 Å². The maximum Gasteiger partial charge on any atom is 0.246 e. The second kappa shape index (κ2) is 7.77. The van der Waals surface area contributed by atoms with E-state index in [4.69, 9.17) is 0 Å². The van der Waals surface area contributed by atoms with Crippen LogP contribution in [0.25, 0.3) is 6.08 Å². The molecule has 1 aliphatic heterocycles. The summed E-state index contributed by atoms with van der Waals surface area (Å²) >= 11 is 0. The van der Waals surface area contributed by atoms with Crippen molar-refractivity contribution in [1.82, 2.24) is 4.90 Å². The number of nitrogens with zero attached hydrogens (tertiary/aromatic N) is 1. The van der Waals surface area contributed by atoms with E-state index in [2.05, 4.69) is 0 Å². The maximum atomic E-state index is 12.4. The van der Waals surface area contributed by atoms with Gasteiger partial charge < -0.3 is 4.90 Å². The predicted octanol–water partition coefficient (Wildman–Crippen LogP) is 2.76. The molecule has 0 unspecified atom stereocenters. The molecule has 126 valence electrons. The fraction of sp³-hybridized carbons (Fsp3) is 0.500. The Labute approximate surface area is 139 Å². The number of sulfone groups is 1. The third kappa shape index (κ3) is 5.20. The molecular formula is C18H25NO3S. The second-order valence-electron chi connectivity index (χ2n) is 6.52. The zero-order valence-electron chi connectivity index (χ0n) is 13.8. The molecule has 0 aliphatic carbocycles. The number of piperidine rings is 1. The quantitative estimate of drug-likeness (QED) is 0.778. The van der Waals surface area contributed by atoms with Crippen LogP contribution in [0, 0.1) is 5.92 Å². The molecule has 23 heavy (non-hydrogen) atoms. The molecule has 1 heterocycles. The largest absolute Gasteiger partial charge is 0.338 e. The predicted molar refractivity (Wildman–Crippen MR) is 93.7 cm³/mol. The summed E-state index contributed by atoms with van der Waals surface area (Å²) < 4.78 is 24.8. The van der Waals surface area contributed by atoms with Crippen molar-refractivity contribution in [3.63, 3.8) is 0 Å². The van der Waals surface area contributed by atoms with Crippen molar-refractivity contribution in [2.75, 3.05) is 18.8 Å². The van der Waals surface area contributed by atoms with Crippen LogP contribution in [0.2, 0.25) is 0 Å². The molecule has 1 aromatic carbocycles. The van der Waals surface area contributed by atoms with Gasteiger partial charge in [-0.3, -0.25) is 4.79 Å². The van der Waals surface area contributed by atoms with E-state index < -0.39 is 15.1 Å². The molecule has 1 saturated heterocycles. The molecule has 1 aliphatic rings. The van der Waals surface area contributed by atoms with Gasteiger partial charge in [0.05, 0.1) is 11.0 Å². The Morgan fingerprint density at radius 1 is 1.30 bits per heavy atom. The van der Waals surface area contributed by atoms with Crippen molar-refractivity contribution in [2.45, 2.75) is 31.9 Å². The Bertz CT molecular complexity index is 650. The molecule has 0 bridgehead atoms. The second-order valence-corrected chi connectivity index (χ2v) is 8.84. The number of hydrogen-bond donors (Lipinski definition) is 0. The van der Waals surface area contributed by atoms with Gasteiger partial charge in [0.2, 0.25) is 5.91 Å². The van der Waals surface area contributed by atoms with E-state index in [1.807, 2.05) is 44.2 Å². The molecular weight excluding hydrogens is 310 g/mol. The summed E-state index contributed by atoms with van der Waals surface area (Å²) in [6, 6.07) is 9.61. The van der Waals surface area contributed by atoms with Gasteiger partial charge in [-0.25, -0.2) is 8.42 Å². The van der Waals surface area contributed by atoms with Crippen molar-refractivity contribution in [1.29, 1.82) is 0 Å². The van der Waals surface area contributed by atoms with Crippen molar-refractivity contribution in [2.24, 2.45) is 5.92 Å². The third-order valence-corrected chi connectivity index (χ3v) is 6.51. The average molecular weight is 335 g/mol. The molecule has 4 nitrogen and oxygen atoms in total. The molecule has 0 aromatic heterocycles. The van der Waals surface area contributed by atoms with E-state index in [1.54, 1.807) is 11.0 Å². The summed E-state index contributed by atoms with van der Waals surface area (Å²) in [4.78, 5) is 14.0. The highest BCUT2D eigenvalue weighted by atomic mass is 32.2. The lowest BCUT2D eigenvalue weighted by molar-refractivity contribution is -0.126. The van der Waals surface area contributed by atoms with Crippen LogP contribution >= 0.6 is 0 Å².